The Kier molecular flexibility index (Phi) is 5.59. The van der Waals surface area contributed by atoms with Crippen molar-refractivity contribution in [1.29, 1.82) is 0 Å². The Morgan fingerprint density at radius 1 is 1.19 bits per heavy atom. The molecule has 0 N–H and O–H groups in total. The lowest BCUT2D eigenvalue weighted by atomic mass is 9.77. The standard InChI is InChI=1S/C14H20.C2H6/c1-3-5-12-9-8-11(2)10-14(12)13-6-4-7-13;1-2/h8-10,13H,3-7H2,1-2H3;1-2H3. The van der Waals surface area contributed by atoms with Crippen LogP contribution in [0.3, 0.4) is 0 Å². The van der Waals surface area contributed by atoms with Gasteiger partial charge in [0.1, 0.15) is 0 Å². The third-order valence-corrected chi connectivity index (χ3v) is 3.37. The molecular weight excluding hydrogens is 192 g/mol. The summed E-state index contributed by atoms with van der Waals surface area (Å²) in [6, 6.07) is 7.01. The zero-order valence-corrected chi connectivity index (χ0v) is 11.3. The van der Waals surface area contributed by atoms with Crippen LogP contribution in [0.2, 0.25) is 0 Å². The van der Waals surface area contributed by atoms with E-state index >= 15 is 0 Å². The average molecular weight is 218 g/mol. The van der Waals surface area contributed by atoms with Gasteiger partial charge in [0.05, 0.1) is 0 Å². The van der Waals surface area contributed by atoms with Gasteiger partial charge in [0.2, 0.25) is 0 Å². The van der Waals surface area contributed by atoms with Gasteiger partial charge in [-0.25, -0.2) is 0 Å². The molecule has 0 spiro atoms. The van der Waals surface area contributed by atoms with Gasteiger partial charge in [0.15, 0.2) is 0 Å². The highest BCUT2D eigenvalue weighted by Gasteiger charge is 2.21. The molecule has 0 bridgehead atoms. The van der Waals surface area contributed by atoms with Crippen LogP contribution < -0.4 is 0 Å². The van der Waals surface area contributed by atoms with Crippen molar-refractivity contribution in [2.45, 2.75) is 65.7 Å². The number of rotatable bonds is 3. The monoisotopic (exact) mass is 218 g/mol. The van der Waals surface area contributed by atoms with Crippen LogP contribution in [-0.2, 0) is 6.42 Å². The number of aryl methyl sites for hydroxylation is 2. The minimum Gasteiger partial charge on any atom is -0.0683 e. The van der Waals surface area contributed by atoms with E-state index < -0.39 is 0 Å². The fourth-order valence-corrected chi connectivity index (χ4v) is 2.31. The van der Waals surface area contributed by atoms with Crippen LogP contribution in [0.5, 0.6) is 0 Å². The van der Waals surface area contributed by atoms with Crippen LogP contribution in [0.25, 0.3) is 0 Å². The Bertz CT molecular complexity index is 308. The van der Waals surface area contributed by atoms with Crippen molar-refractivity contribution in [2.24, 2.45) is 0 Å². The van der Waals surface area contributed by atoms with E-state index in [0.717, 1.165) is 5.92 Å². The maximum absolute atomic E-state index is 2.41. The third kappa shape index (κ3) is 3.10. The summed E-state index contributed by atoms with van der Waals surface area (Å²) in [7, 11) is 0. The van der Waals surface area contributed by atoms with Gasteiger partial charge in [0, 0.05) is 0 Å². The Morgan fingerprint density at radius 3 is 2.38 bits per heavy atom. The molecular formula is C16H26. The van der Waals surface area contributed by atoms with Crippen LogP contribution in [0.1, 0.15) is 69.1 Å². The van der Waals surface area contributed by atoms with Crippen molar-refractivity contribution < 1.29 is 0 Å². The number of hydrogen-bond donors (Lipinski definition) is 0. The van der Waals surface area contributed by atoms with Crippen molar-refractivity contribution in [2.75, 3.05) is 0 Å². The highest BCUT2D eigenvalue weighted by Crippen LogP contribution is 2.38. The van der Waals surface area contributed by atoms with Gasteiger partial charge in [-0.3, -0.25) is 0 Å². The first-order valence-electron chi connectivity index (χ1n) is 6.90. The Morgan fingerprint density at radius 2 is 1.88 bits per heavy atom. The molecule has 0 aliphatic heterocycles. The molecule has 1 aromatic rings. The Hall–Kier alpha value is -0.780. The smallest absolute Gasteiger partial charge is 0.0159 e. The molecule has 1 fully saturated rings. The molecule has 1 aliphatic carbocycles. The molecule has 0 heteroatoms. The van der Waals surface area contributed by atoms with E-state index in [4.69, 9.17) is 0 Å². The van der Waals surface area contributed by atoms with Crippen LogP contribution in [0.15, 0.2) is 18.2 Å². The molecule has 0 unspecified atom stereocenters. The van der Waals surface area contributed by atoms with E-state index in [2.05, 4.69) is 32.0 Å². The highest BCUT2D eigenvalue weighted by molar-refractivity contribution is 5.35. The largest absolute Gasteiger partial charge is 0.0683 e. The quantitative estimate of drug-likeness (QED) is 0.650. The van der Waals surface area contributed by atoms with Gasteiger partial charge >= 0.3 is 0 Å². The van der Waals surface area contributed by atoms with Crippen LogP contribution >= 0.6 is 0 Å². The highest BCUT2D eigenvalue weighted by atomic mass is 14.3. The topological polar surface area (TPSA) is 0 Å². The van der Waals surface area contributed by atoms with Crippen molar-refractivity contribution >= 4 is 0 Å². The molecule has 0 saturated heterocycles. The Labute approximate surface area is 101 Å². The van der Waals surface area contributed by atoms with E-state index in [1.54, 1.807) is 11.1 Å². The average Bonchev–Trinajstić information content (AvgIpc) is 2.23. The van der Waals surface area contributed by atoms with Crippen LogP contribution in [0, 0.1) is 6.92 Å². The SMILES string of the molecule is CC.CCCc1ccc(C)cc1C1CCC1. The Balaban J connectivity index is 0.000000606. The summed E-state index contributed by atoms with van der Waals surface area (Å²) in [5.41, 5.74) is 4.67. The first kappa shape index (κ1) is 13.3. The predicted octanol–water partition coefficient (Wildman–Crippen LogP) is 5.24. The lowest BCUT2D eigenvalue weighted by molar-refractivity contribution is 0.417. The summed E-state index contributed by atoms with van der Waals surface area (Å²) >= 11 is 0. The van der Waals surface area contributed by atoms with Gasteiger partial charge in [-0.1, -0.05) is 57.4 Å². The molecule has 1 aliphatic rings. The normalized spacial score (nSPS) is 15.0. The molecule has 0 radical (unpaired) electrons. The second-order valence-electron chi connectivity index (χ2n) is 4.58. The number of hydrogen-bond acceptors (Lipinski definition) is 0. The van der Waals surface area contributed by atoms with Gasteiger partial charge in [0.25, 0.3) is 0 Å². The lowest BCUT2D eigenvalue weighted by Crippen LogP contribution is -2.11. The summed E-state index contributed by atoms with van der Waals surface area (Å²) in [5.74, 6) is 0.886. The molecule has 0 amide bonds. The molecule has 0 heterocycles. The predicted molar refractivity (Wildman–Crippen MR) is 73.1 cm³/mol. The molecule has 1 aromatic carbocycles. The van der Waals surface area contributed by atoms with Crippen molar-refractivity contribution in [3.8, 4) is 0 Å². The summed E-state index contributed by atoms with van der Waals surface area (Å²) in [4.78, 5) is 0. The van der Waals surface area contributed by atoms with E-state index in [1.807, 2.05) is 13.8 Å². The summed E-state index contributed by atoms with van der Waals surface area (Å²) < 4.78 is 0. The first-order valence-corrected chi connectivity index (χ1v) is 6.90. The van der Waals surface area contributed by atoms with Gasteiger partial charge in [-0.05, 0) is 43.2 Å². The zero-order chi connectivity index (χ0) is 12.0. The second kappa shape index (κ2) is 6.73. The molecule has 1 saturated carbocycles. The second-order valence-corrected chi connectivity index (χ2v) is 4.58. The molecule has 0 aromatic heterocycles. The van der Waals surface area contributed by atoms with Crippen molar-refractivity contribution in [3.05, 3.63) is 34.9 Å². The van der Waals surface area contributed by atoms with Crippen molar-refractivity contribution in [3.63, 3.8) is 0 Å². The third-order valence-electron chi connectivity index (χ3n) is 3.37. The fraction of sp³-hybridized carbons (Fsp3) is 0.625. The van der Waals surface area contributed by atoms with Crippen LogP contribution in [0.4, 0.5) is 0 Å². The van der Waals surface area contributed by atoms with E-state index in [9.17, 15) is 0 Å². The molecule has 16 heavy (non-hydrogen) atoms. The molecule has 0 nitrogen and oxygen atoms in total. The fourth-order valence-electron chi connectivity index (χ4n) is 2.31. The van der Waals surface area contributed by atoms with Gasteiger partial charge < -0.3 is 0 Å². The van der Waals surface area contributed by atoms with E-state index in [0.29, 0.717) is 0 Å². The summed E-state index contributed by atoms with van der Waals surface area (Å²) in [6.45, 7) is 8.47. The molecule has 90 valence electrons. The van der Waals surface area contributed by atoms with Gasteiger partial charge in [-0.2, -0.15) is 0 Å². The van der Waals surface area contributed by atoms with Crippen LogP contribution in [-0.4, -0.2) is 0 Å². The maximum atomic E-state index is 2.41. The minimum absolute atomic E-state index is 0.886. The molecule has 2 rings (SSSR count). The maximum Gasteiger partial charge on any atom is -0.0159 e. The van der Waals surface area contributed by atoms with Gasteiger partial charge in [-0.15, -0.1) is 0 Å². The van der Waals surface area contributed by atoms with Crippen molar-refractivity contribution in [1.82, 2.24) is 0 Å². The summed E-state index contributed by atoms with van der Waals surface area (Å²) in [5, 5.41) is 0. The minimum atomic E-state index is 0.886. The number of benzene rings is 1. The van der Waals surface area contributed by atoms with E-state index in [-0.39, 0.29) is 0 Å². The zero-order valence-electron chi connectivity index (χ0n) is 11.3. The molecule has 0 atom stereocenters. The summed E-state index contributed by atoms with van der Waals surface area (Å²) in [6.07, 6.45) is 6.79. The van der Waals surface area contributed by atoms with E-state index in [1.165, 1.54) is 37.7 Å². The first-order chi connectivity index (χ1) is 7.81. The lowest BCUT2D eigenvalue weighted by Gasteiger charge is -2.28.